The maximum absolute atomic E-state index is 13.3. The van der Waals surface area contributed by atoms with Gasteiger partial charge >= 0.3 is 0 Å². The lowest BCUT2D eigenvalue weighted by atomic mass is 10.1. The molecule has 148 valence electrons. The van der Waals surface area contributed by atoms with Gasteiger partial charge in [-0.3, -0.25) is 15.0 Å². The van der Waals surface area contributed by atoms with Crippen LogP contribution >= 0.6 is 24.0 Å². The van der Waals surface area contributed by atoms with Crippen molar-refractivity contribution in [1.82, 2.24) is 25.1 Å². The highest BCUT2D eigenvalue weighted by molar-refractivity contribution is 6.30. The van der Waals surface area contributed by atoms with Gasteiger partial charge in [-0.15, -0.1) is 12.4 Å². The van der Waals surface area contributed by atoms with E-state index in [1.54, 1.807) is 30.7 Å². The zero-order valence-corrected chi connectivity index (χ0v) is 16.9. The number of aromatic nitrogens is 4. The van der Waals surface area contributed by atoms with Crippen LogP contribution in [0.15, 0.2) is 42.9 Å². The molecule has 1 N–H and O–H groups in total. The molecule has 6 nitrogen and oxygen atoms in total. The molecule has 0 saturated carbocycles. The van der Waals surface area contributed by atoms with E-state index in [4.69, 9.17) is 11.6 Å². The van der Waals surface area contributed by atoms with E-state index in [1.165, 1.54) is 12.1 Å². The van der Waals surface area contributed by atoms with E-state index < -0.39 is 0 Å². The van der Waals surface area contributed by atoms with Crippen molar-refractivity contribution in [2.75, 3.05) is 31.1 Å². The predicted molar refractivity (Wildman–Crippen MR) is 110 cm³/mol. The van der Waals surface area contributed by atoms with E-state index in [9.17, 15) is 4.39 Å². The summed E-state index contributed by atoms with van der Waals surface area (Å²) in [6.45, 7) is 5.54. The lowest BCUT2D eigenvalue weighted by Gasteiger charge is -2.38. The molecule has 1 aromatic carbocycles. The van der Waals surface area contributed by atoms with Gasteiger partial charge in [0.05, 0.1) is 6.20 Å². The molecular formula is C19H21Cl2FN6. The molecule has 1 saturated heterocycles. The summed E-state index contributed by atoms with van der Waals surface area (Å²) in [5.41, 5.74) is 2.65. The number of nitrogens with one attached hydrogen (secondary N) is 1. The highest BCUT2D eigenvalue weighted by Crippen LogP contribution is 2.30. The number of hydrogen-bond acceptors (Lipinski definition) is 5. The van der Waals surface area contributed by atoms with Crippen LogP contribution in [0.3, 0.4) is 0 Å². The number of nitrogens with zero attached hydrogens (tertiary/aromatic N) is 5. The Morgan fingerprint density at radius 2 is 1.75 bits per heavy atom. The van der Waals surface area contributed by atoms with Crippen molar-refractivity contribution in [2.24, 2.45) is 0 Å². The number of hydrogen-bond donors (Lipinski definition) is 1. The molecule has 1 atom stereocenters. The third kappa shape index (κ3) is 4.11. The molecule has 1 fully saturated rings. The minimum atomic E-state index is -0.260. The van der Waals surface area contributed by atoms with E-state index >= 15 is 0 Å². The standard InChI is InChI=1S/C19H20ClFN6.ClH/c1-13(16-12-24-25-18(16)20)26-8-10-27(11-9-26)19-17(22-6-7-23-19)14-2-4-15(21)5-3-14;/h2-7,12-13H,8-11H2,1H3,(H,24,25);1H. The fourth-order valence-corrected chi connectivity index (χ4v) is 3.72. The van der Waals surface area contributed by atoms with E-state index in [0.29, 0.717) is 5.15 Å². The lowest BCUT2D eigenvalue weighted by Crippen LogP contribution is -2.47. The van der Waals surface area contributed by atoms with Crippen molar-refractivity contribution in [3.63, 3.8) is 0 Å². The van der Waals surface area contributed by atoms with Crippen LogP contribution in [-0.2, 0) is 0 Å². The Labute approximate surface area is 174 Å². The monoisotopic (exact) mass is 422 g/mol. The van der Waals surface area contributed by atoms with E-state index in [2.05, 4.69) is 36.9 Å². The first-order valence-electron chi connectivity index (χ1n) is 8.88. The van der Waals surface area contributed by atoms with E-state index in [0.717, 1.165) is 48.8 Å². The van der Waals surface area contributed by atoms with Crippen molar-refractivity contribution in [1.29, 1.82) is 0 Å². The van der Waals surface area contributed by atoms with Crippen LogP contribution < -0.4 is 4.90 Å². The Morgan fingerprint density at radius 1 is 1.07 bits per heavy atom. The fourth-order valence-electron chi connectivity index (χ4n) is 3.46. The molecule has 1 aliphatic rings. The van der Waals surface area contributed by atoms with Crippen molar-refractivity contribution < 1.29 is 4.39 Å². The smallest absolute Gasteiger partial charge is 0.155 e. The summed E-state index contributed by atoms with van der Waals surface area (Å²) in [6.07, 6.45) is 5.15. The van der Waals surface area contributed by atoms with Crippen LogP contribution in [0.25, 0.3) is 11.3 Å². The van der Waals surface area contributed by atoms with Crippen LogP contribution in [0.5, 0.6) is 0 Å². The van der Waals surface area contributed by atoms with Crippen LogP contribution in [-0.4, -0.2) is 51.2 Å². The van der Waals surface area contributed by atoms with Crippen LogP contribution in [0.4, 0.5) is 10.2 Å². The molecular weight excluding hydrogens is 402 g/mol. The Hall–Kier alpha value is -2.22. The first-order valence-corrected chi connectivity index (χ1v) is 9.26. The molecule has 0 amide bonds. The lowest BCUT2D eigenvalue weighted by molar-refractivity contribution is 0.198. The summed E-state index contributed by atoms with van der Waals surface area (Å²) >= 11 is 6.18. The quantitative estimate of drug-likeness (QED) is 0.689. The summed E-state index contributed by atoms with van der Waals surface area (Å²) in [5.74, 6) is 0.572. The molecule has 3 aromatic rings. The van der Waals surface area contributed by atoms with Gasteiger partial charge in [-0.2, -0.15) is 5.10 Å². The Bertz CT molecular complexity index is 909. The van der Waals surface area contributed by atoms with Crippen LogP contribution in [0, 0.1) is 5.82 Å². The molecule has 2 aromatic heterocycles. The van der Waals surface area contributed by atoms with Crippen molar-refractivity contribution in [3.8, 4) is 11.3 Å². The predicted octanol–water partition coefficient (Wildman–Crippen LogP) is 3.96. The van der Waals surface area contributed by atoms with Gasteiger partial charge in [-0.25, -0.2) is 9.37 Å². The van der Waals surface area contributed by atoms with Crippen LogP contribution in [0.1, 0.15) is 18.5 Å². The van der Waals surface area contributed by atoms with Gasteiger partial charge in [0.2, 0.25) is 0 Å². The van der Waals surface area contributed by atoms with Gasteiger partial charge in [0.1, 0.15) is 16.7 Å². The first-order chi connectivity index (χ1) is 13.1. The summed E-state index contributed by atoms with van der Waals surface area (Å²) in [4.78, 5) is 13.6. The maximum atomic E-state index is 13.3. The van der Waals surface area contributed by atoms with Gasteiger partial charge in [0.15, 0.2) is 5.82 Å². The van der Waals surface area contributed by atoms with E-state index in [-0.39, 0.29) is 24.3 Å². The van der Waals surface area contributed by atoms with Gasteiger partial charge in [-0.05, 0) is 31.2 Å². The average Bonchev–Trinajstić information content (AvgIpc) is 3.14. The third-order valence-corrected chi connectivity index (χ3v) is 5.33. The Balaban J connectivity index is 0.00000225. The second kappa shape index (κ2) is 8.86. The topological polar surface area (TPSA) is 60.9 Å². The van der Waals surface area contributed by atoms with Crippen molar-refractivity contribution in [2.45, 2.75) is 13.0 Å². The molecule has 0 aliphatic carbocycles. The number of halogens is 3. The normalized spacial score (nSPS) is 15.9. The number of aromatic amines is 1. The molecule has 9 heteroatoms. The Morgan fingerprint density at radius 3 is 2.39 bits per heavy atom. The number of H-pyrrole nitrogens is 1. The molecule has 0 spiro atoms. The van der Waals surface area contributed by atoms with Gasteiger partial charge in [-0.1, -0.05) is 11.6 Å². The SMILES string of the molecule is CC(c1cn[nH]c1Cl)N1CCN(c2nccnc2-c2ccc(F)cc2)CC1.Cl. The summed E-state index contributed by atoms with van der Waals surface area (Å²) in [6, 6.07) is 6.56. The van der Waals surface area contributed by atoms with Crippen molar-refractivity contribution >= 4 is 29.8 Å². The number of rotatable bonds is 4. The second-order valence-corrected chi connectivity index (χ2v) is 6.95. The molecule has 0 radical (unpaired) electrons. The van der Waals surface area contributed by atoms with Crippen LogP contribution in [0.2, 0.25) is 5.15 Å². The van der Waals surface area contributed by atoms with Crippen molar-refractivity contribution in [3.05, 3.63) is 59.4 Å². The molecule has 3 heterocycles. The highest BCUT2D eigenvalue weighted by Gasteiger charge is 2.26. The largest absolute Gasteiger partial charge is 0.352 e. The highest BCUT2D eigenvalue weighted by atomic mass is 35.5. The third-order valence-electron chi connectivity index (χ3n) is 5.03. The Kier molecular flexibility index (Phi) is 6.49. The fraction of sp³-hybridized carbons (Fsp3) is 0.316. The molecule has 0 bridgehead atoms. The second-order valence-electron chi connectivity index (χ2n) is 6.57. The van der Waals surface area contributed by atoms with E-state index in [1.807, 2.05) is 0 Å². The van der Waals surface area contributed by atoms with Gasteiger partial charge < -0.3 is 4.90 Å². The first kappa shape index (κ1) is 20.5. The molecule has 1 unspecified atom stereocenters. The zero-order valence-electron chi connectivity index (χ0n) is 15.3. The minimum Gasteiger partial charge on any atom is -0.352 e. The molecule has 28 heavy (non-hydrogen) atoms. The number of piperazine rings is 1. The van der Waals surface area contributed by atoms with Gasteiger partial charge in [0, 0.05) is 55.7 Å². The molecule has 4 rings (SSSR count). The molecule has 1 aliphatic heterocycles. The summed E-state index contributed by atoms with van der Waals surface area (Å²) in [5, 5.41) is 7.39. The zero-order chi connectivity index (χ0) is 18.8. The average molecular weight is 423 g/mol. The summed E-state index contributed by atoms with van der Waals surface area (Å²) < 4.78 is 13.3. The number of benzene rings is 1. The summed E-state index contributed by atoms with van der Waals surface area (Å²) in [7, 11) is 0. The maximum Gasteiger partial charge on any atom is 0.155 e. The van der Waals surface area contributed by atoms with Gasteiger partial charge in [0.25, 0.3) is 0 Å². The minimum absolute atomic E-state index is 0. The number of anilines is 1.